The van der Waals surface area contributed by atoms with Crippen LogP contribution in [0.1, 0.15) is 5.56 Å². The zero-order chi connectivity index (χ0) is 21.3. The van der Waals surface area contributed by atoms with E-state index < -0.39 is 29.8 Å². The van der Waals surface area contributed by atoms with Gasteiger partial charge in [-0.25, -0.2) is 4.52 Å². The number of alkyl halides is 3. The number of amides is 1. The van der Waals surface area contributed by atoms with Crippen LogP contribution in [-0.2, 0) is 17.5 Å². The van der Waals surface area contributed by atoms with Gasteiger partial charge in [0.15, 0.2) is 0 Å². The van der Waals surface area contributed by atoms with Crippen molar-refractivity contribution in [1.29, 1.82) is 0 Å². The molecule has 0 saturated carbocycles. The topological polar surface area (TPSA) is 68.4 Å². The standard InChI is InChI=1S/C21H15F3N4O2/c22-21(23,24)15-8-4-5-9-16(15)25-19(29)13-27-10-11-28-18(20(27)30)12-17(26-28)14-6-2-1-3-7-14/h1-12H,13H2,(H,25,29). The molecule has 0 unspecified atom stereocenters. The van der Waals surface area contributed by atoms with E-state index in [2.05, 4.69) is 10.4 Å². The van der Waals surface area contributed by atoms with Crippen LogP contribution in [0.25, 0.3) is 16.8 Å². The monoisotopic (exact) mass is 412 g/mol. The van der Waals surface area contributed by atoms with Crippen molar-refractivity contribution in [2.75, 3.05) is 5.32 Å². The lowest BCUT2D eigenvalue weighted by atomic mass is 10.1. The SMILES string of the molecule is O=C(Cn1ccn2nc(-c3ccccc3)cc2c1=O)Nc1ccccc1C(F)(F)F. The minimum Gasteiger partial charge on any atom is -0.324 e. The number of nitrogens with one attached hydrogen (secondary N) is 1. The van der Waals surface area contributed by atoms with E-state index in [0.717, 1.165) is 22.3 Å². The van der Waals surface area contributed by atoms with Crippen LogP contribution in [0.3, 0.4) is 0 Å². The molecule has 6 nitrogen and oxygen atoms in total. The molecule has 2 aromatic heterocycles. The Morgan fingerprint density at radius 3 is 2.43 bits per heavy atom. The van der Waals surface area contributed by atoms with Gasteiger partial charge in [0.2, 0.25) is 5.91 Å². The molecule has 152 valence electrons. The van der Waals surface area contributed by atoms with E-state index in [0.29, 0.717) is 5.69 Å². The number of nitrogens with zero attached hydrogens (tertiary/aromatic N) is 3. The third-order valence-electron chi connectivity index (χ3n) is 4.49. The van der Waals surface area contributed by atoms with Crippen LogP contribution in [0.15, 0.2) is 77.9 Å². The molecule has 0 atom stereocenters. The number of carbonyl (C=O) groups is 1. The van der Waals surface area contributed by atoms with Gasteiger partial charge in [-0.3, -0.25) is 9.59 Å². The Kier molecular flexibility index (Phi) is 4.86. The lowest BCUT2D eigenvalue weighted by Crippen LogP contribution is -2.28. The second-order valence-corrected chi connectivity index (χ2v) is 6.55. The molecule has 0 aliphatic heterocycles. The lowest BCUT2D eigenvalue weighted by Gasteiger charge is -2.14. The predicted octanol–water partition coefficient (Wildman–Crippen LogP) is 3.82. The van der Waals surface area contributed by atoms with Crippen LogP contribution in [-0.4, -0.2) is 20.1 Å². The van der Waals surface area contributed by atoms with E-state index in [4.69, 9.17) is 0 Å². The van der Waals surface area contributed by atoms with Gasteiger partial charge in [-0.1, -0.05) is 42.5 Å². The summed E-state index contributed by atoms with van der Waals surface area (Å²) in [4.78, 5) is 25.0. The maximum atomic E-state index is 13.1. The first kappa shape index (κ1) is 19.4. The van der Waals surface area contributed by atoms with Gasteiger partial charge < -0.3 is 9.88 Å². The molecule has 2 heterocycles. The van der Waals surface area contributed by atoms with Crippen molar-refractivity contribution >= 4 is 17.1 Å². The van der Waals surface area contributed by atoms with Crippen molar-refractivity contribution in [3.63, 3.8) is 0 Å². The Bertz CT molecular complexity index is 1280. The first-order chi connectivity index (χ1) is 14.3. The Morgan fingerprint density at radius 1 is 1.00 bits per heavy atom. The number of hydrogen-bond acceptors (Lipinski definition) is 3. The van der Waals surface area contributed by atoms with Crippen LogP contribution in [0.5, 0.6) is 0 Å². The first-order valence-electron chi connectivity index (χ1n) is 8.93. The number of anilines is 1. The fraction of sp³-hybridized carbons (Fsp3) is 0.0952. The summed E-state index contributed by atoms with van der Waals surface area (Å²) in [5.74, 6) is -0.749. The normalized spacial score (nSPS) is 11.6. The van der Waals surface area contributed by atoms with Gasteiger partial charge in [0.1, 0.15) is 12.1 Å². The third kappa shape index (κ3) is 3.82. The average molecular weight is 412 g/mol. The molecule has 4 rings (SSSR count). The van der Waals surface area contributed by atoms with Gasteiger partial charge in [0.25, 0.3) is 5.56 Å². The van der Waals surface area contributed by atoms with Gasteiger partial charge in [-0.2, -0.15) is 18.3 Å². The number of hydrogen-bond donors (Lipinski definition) is 1. The largest absolute Gasteiger partial charge is 0.418 e. The summed E-state index contributed by atoms with van der Waals surface area (Å²) in [6, 6.07) is 15.5. The highest BCUT2D eigenvalue weighted by atomic mass is 19.4. The number of halogens is 3. The summed E-state index contributed by atoms with van der Waals surface area (Å²) in [5, 5.41) is 6.58. The molecule has 4 aromatic rings. The van der Waals surface area contributed by atoms with E-state index in [1.165, 1.54) is 29.0 Å². The maximum Gasteiger partial charge on any atom is 0.418 e. The third-order valence-corrected chi connectivity index (χ3v) is 4.49. The number of aromatic nitrogens is 3. The molecular weight excluding hydrogens is 397 g/mol. The lowest BCUT2D eigenvalue weighted by molar-refractivity contribution is -0.137. The maximum absolute atomic E-state index is 13.1. The van der Waals surface area contributed by atoms with Gasteiger partial charge >= 0.3 is 6.18 Å². The second-order valence-electron chi connectivity index (χ2n) is 6.55. The van der Waals surface area contributed by atoms with Gasteiger partial charge in [-0.15, -0.1) is 0 Å². The smallest absolute Gasteiger partial charge is 0.324 e. The van der Waals surface area contributed by atoms with Crippen molar-refractivity contribution in [1.82, 2.24) is 14.2 Å². The second kappa shape index (κ2) is 7.51. The molecule has 0 aliphatic carbocycles. The van der Waals surface area contributed by atoms with E-state index >= 15 is 0 Å². The minimum absolute atomic E-state index is 0.250. The Hall–Kier alpha value is -3.88. The van der Waals surface area contributed by atoms with Crippen molar-refractivity contribution < 1.29 is 18.0 Å². The molecule has 1 N–H and O–H groups in total. The molecular formula is C21H15F3N4O2. The molecule has 9 heteroatoms. The Labute approximate surface area is 168 Å². The minimum atomic E-state index is -4.61. The highest BCUT2D eigenvalue weighted by molar-refractivity contribution is 5.91. The molecule has 1 amide bonds. The zero-order valence-electron chi connectivity index (χ0n) is 15.4. The number of benzene rings is 2. The van der Waals surface area contributed by atoms with Crippen molar-refractivity contribution in [3.8, 4) is 11.3 Å². The summed E-state index contributed by atoms with van der Waals surface area (Å²) in [5.41, 5.74) is -0.127. The number of rotatable bonds is 4. The highest BCUT2D eigenvalue weighted by Crippen LogP contribution is 2.34. The average Bonchev–Trinajstić information content (AvgIpc) is 3.16. The van der Waals surface area contributed by atoms with Crippen molar-refractivity contribution in [2.45, 2.75) is 12.7 Å². The Morgan fingerprint density at radius 2 is 1.70 bits per heavy atom. The number of fused-ring (bicyclic) bond motifs is 1. The van der Waals surface area contributed by atoms with Crippen LogP contribution >= 0.6 is 0 Å². The van der Waals surface area contributed by atoms with Crippen LogP contribution in [0, 0.1) is 0 Å². The highest BCUT2D eigenvalue weighted by Gasteiger charge is 2.33. The summed E-state index contributed by atoms with van der Waals surface area (Å²) in [7, 11) is 0. The quantitative estimate of drug-likeness (QED) is 0.554. The van der Waals surface area contributed by atoms with Gasteiger partial charge in [0, 0.05) is 18.0 Å². The zero-order valence-corrected chi connectivity index (χ0v) is 15.4. The van der Waals surface area contributed by atoms with Crippen molar-refractivity contribution in [3.05, 3.63) is 89.0 Å². The van der Waals surface area contributed by atoms with E-state index in [9.17, 15) is 22.8 Å². The molecule has 0 radical (unpaired) electrons. The predicted molar refractivity (Wildman–Crippen MR) is 105 cm³/mol. The fourth-order valence-electron chi connectivity index (χ4n) is 3.08. The first-order valence-corrected chi connectivity index (χ1v) is 8.93. The molecule has 0 spiro atoms. The van der Waals surface area contributed by atoms with Crippen LogP contribution < -0.4 is 10.9 Å². The summed E-state index contributed by atoms with van der Waals surface area (Å²) in [6.07, 6.45) is -1.72. The van der Waals surface area contributed by atoms with Gasteiger partial charge in [-0.05, 0) is 18.2 Å². The molecule has 0 saturated heterocycles. The molecule has 0 fully saturated rings. The van der Waals surface area contributed by atoms with Gasteiger partial charge in [0.05, 0.1) is 16.9 Å². The Balaban J connectivity index is 1.60. The van der Waals surface area contributed by atoms with E-state index in [-0.39, 0.29) is 11.2 Å². The summed E-state index contributed by atoms with van der Waals surface area (Å²) >= 11 is 0. The molecule has 2 aromatic carbocycles. The summed E-state index contributed by atoms with van der Waals surface area (Å²) < 4.78 is 41.8. The number of carbonyl (C=O) groups excluding carboxylic acids is 1. The molecule has 0 aliphatic rings. The van der Waals surface area contributed by atoms with E-state index in [1.54, 1.807) is 6.07 Å². The van der Waals surface area contributed by atoms with E-state index in [1.807, 2.05) is 30.3 Å². The van der Waals surface area contributed by atoms with Crippen LogP contribution in [0.2, 0.25) is 0 Å². The fourth-order valence-corrected chi connectivity index (χ4v) is 3.08. The molecule has 30 heavy (non-hydrogen) atoms. The number of para-hydroxylation sites is 1. The van der Waals surface area contributed by atoms with Crippen LogP contribution in [0.4, 0.5) is 18.9 Å². The van der Waals surface area contributed by atoms with Crippen molar-refractivity contribution in [2.24, 2.45) is 0 Å². The molecule has 0 bridgehead atoms. The summed E-state index contributed by atoms with van der Waals surface area (Å²) in [6.45, 7) is -0.437.